The summed E-state index contributed by atoms with van der Waals surface area (Å²) in [5.74, 6) is 0.718. The Balaban J connectivity index is 2.43. The van der Waals surface area contributed by atoms with E-state index in [-0.39, 0.29) is 0 Å². The van der Waals surface area contributed by atoms with E-state index in [1.807, 2.05) is 12.1 Å². The van der Waals surface area contributed by atoms with Crippen LogP contribution in [0.4, 0.5) is 5.69 Å². The Morgan fingerprint density at radius 3 is 2.63 bits per heavy atom. The Bertz CT molecular complexity index is 718. The fraction of sp³-hybridized carbons (Fsp3) is 0.154. The number of hydrogen-bond donors (Lipinski definition) is 1. The number of nitrogen functional groups attached to an aromatic ring is 1. The van der Waals surface area contributed by atoms with Crippen LogP contribution in [0.3, 0.4) is 0 Å². The lowest BCUT2D eigenvalue weighted by Gasteiger charge is -2.08. The summed E-state index contributed by atoms with van der Waals surface area (Å²) >= 11 is 0. The van der Waals surface area contributed by atoms with E-state index < -0.39 is 0 Å². The molecule has 0 aliphatic rings. The van der Waals surface area contributed by atoms with Crippen molar-refractivity contribution in [3.05, 3.63) is 35.0 Å². The zero-order valence-corrected chi connectivity index (χ0v) is 10.5. The van der Waals surface area contributed by atoms with Gasteiger partial charge in [-0.2, -0.15) is 15.6 Å². The molecule has 0 radical (unpaired) electrons. The highest BCUT2D eigenvalue weighted by Crippen LogP contribution is 2.30. The topological polar surface area (TPSA) is 101 Å². The van der Waals surface area contributed by atoms with E-state index in [9.17, 15) is 0 Å². The highest BCUT2D eigenvalue weighted by molar-refractivity contribution is 5.58. The number of anilines is 1. The Morgan fingerprint density at radius 1 is 1.32 bits per heavy atom. The first-order chi connectivity index (χ1) is 9.06. The molecular formula is C13H11N5O. The minimum Gasteiger partial charge on any atom is -0.436 e. The number of aromatic nitrogens is 2. The molecule has 2 N–H and O–H groups in total. The van der Waals surface area contributed by atoms with Crippen LogP contribution in [0.5, 0.6) is 11.6 Å². The third kappa shape index (κ3) is 2.20. The Labute approximate surface area is 110 Å². The summed E-state index contributed by atoms with van der Waals surface area (Å²) in [6.45, 7) is 1.73. The summed E-state index contributed by atoms with van der Waals surface area (Å²) < 4.78 is 7.10. The highest BCUT2D eigenvalue weighted by atomic mass is 16.5. The predicted octanol–water partition coefficient (Wildman–Crippen LogP) is 1.85. The monoisotopic (exact) mass is 253 g/mol. The molecule has 0 unspecified atom stereocenters. The van der Waals surface area contributed by atoms with Crippen molar-refractivity contribution in [2.24, 2.45) is 7.05 Å². The van der Waals surface area contributed by atoms with Crippen LogP contribution in [0.25, 0.3) is 0 Å². The SMILES string of the molecule is Cc1nn(C)c(Oc2ccc(C#N)cc2N)c1C#N. The maximum absolute atomic E-state index is 9.08. The van der Waals surface area contributed by atoms with Gasteiger partial charge in [-0.3, -0.25) is 0 Å². The molecule has 1 heterocycles. The second-order valence-electron chi connectivity index (χ2n) is 3.97. The summed E-state index contributed by atoms with van der Waals surface area (Å²) in [7, 11) is 1.68. The third-order valence-corrected chi connectivity index (χ3v) is 2.63. The van der Waals surface area contributed by atoms with E-state index in [0.717, 1.165) is 0 Å². The van der Waals surface area contributed by atoms with Crippen LogP contribution < -0.4 is 10.5 Å². The zero-order valence-electron chi connectivity index (χ0n) is 10.5. The first-order valence-electron chi connectivity index (χ1n) is 5.48. The molecule has 1 aromatic heterocycles. The van der Waals surface area contributed by atoms with Gasteiger partial charge in [-0.25, -0.2) is 4.68 Å². The quantitative estimate of drug-likeness (QED) is 0.823. The molecule has 0 saturated heterocycles. The normalized spacial score (nSPS) is 9.68. The van der Waals surface area contributed by atoms with Crippen molar-refractivity contribution in [1.82, 2.24) is 9.78 Å². The lowest BCUT2D eigenvalue weighted by molar-refractivity contribution is 0.431. The van der Waals surface area contributed by atoms with Crippen molar-refractivity contribution in [2.75, 3.05) is 5.73 Å². The molecule has 0 atom stereocenters. The van der Waals surface area contributed by atoms with Crippen molar-refractivity contribution in [1.29, 1.82) is 10.5 Å². The third-order valence-electron chi connectivity index (χ3n) is 2.63. The molecule has 0 aliphatic heterocycles. The molecule has 6 heteroatoms. The van der Waals surface area contributed by atoms with Gasteiger partial charge in [0.25, 0.3) is 0 Å². The van der Waals surface area contributed by atoms with Crippen LogP contribution in [0.2, 0.25) is 0 Å². The fourth-order valence-electron chi connectivity index (χ4n) is 1.70. The zero-order chi connectivity index (χ0) is 14.0. The van der Waals surface area contributed by atoms with Gasteiger partial charge in [-0.1, -0.05) is 0 Å². The van der Waals surface area contributed by atoms with Crippen LogP contribution in [0.1, 0.15) is 16.8 Å². The van der Waals surface area contributed by atoms with E-state index in [4.69, 9.17) is 21.0 Å². The Kier molecular flexibility index (Phi) is 3.09. The number of nitrogens with two attached hydrogens (primary N) is 1. The van der Waals surface area contributed by atoms with Crippen molar-refractivity contribution in [3.8, 4) is 23.8 Å². The summed E-state index contributed by atoms with van der Waals surface area (Å²) in [4.78, 5) is 0. The lowest BCUT2D eigenvalue weighted by atomic mass is 10.2. The summed E-state index contributed by atoms with van der Waals surface area (Å²) in [6.07, 6.45) is 0. The first-order valence-corrected chi connectivity index (χ1v) is 5.48. The standard InChI is InChI=1S/C13H11N5O/c1-8-10(7-15)13(18(2)17-8)19-12-4-3-9(6-14)5-11(12)16/h3-5H,16H2,1-2H3. The van der Waals surface area contributed by atoms with Gasteiger partial charge in [-0.15, -0.1) is 0 Å². The average Bonchev–Trinajstić information content (AvgIpc) is 2.66. The van der Waals surface area contributed by atoms with E-state index >= 15 is 0 Å². The van der Waals surface area contributed by atoms with Crippen LogP contribution in [0.15, 0.2) is 18.2 Å². The first kappa shape index (κ1) is 12.5. The van der Waals surface area contributed by atoms with Crippen molar-refractivity contribution < 1.29 is 4.74 Å². The van der Waals surface area contributed by atoms with Gasteiger partial charge in [-0.05, 0) is 25.1 Å². The van der Waals surface area contributed by atoms with Crippen LogP contribution in [-0.2, 0) is 7.05 Å². The van der Waals surface area contributed by atoms with E-state index in [1.54, 1.807) is 26.1 Å². The molecule has 2 aromatic rings. The predicted molar refractivity (Wildman–Crippen MR) is 68.3 cm³/mol. The van der Waals surface area contributed by atoms with Crippen molar-refractivity contribution in [3.63, 3.8) is 0 Å². The molecule has 0 bridgehead atoms. The fourth-order valence-corrected chi connectivity index (χ4v) is 1.70. The molecular weight excluding hydrogens is 242 g/mol. The number of nitrogens with zero attached hydrogens (tertiary/aromatic N) is 4. The van der Waals surface area contributed by atoms with Crippen molar-refractivity contribution in [2.45, 2.75) is 6.92 Å². The average molecular weight is 253 g/mol. The molecule has 0 aliphatic carbocycles. The van der Waals surface area contributed by atoms with E-state index in [1.165, 1.54) is 10.7 Å². The number of benzene rings is 1. The van der Waals surface area contributed by atoms with E-state index in [2.05, 4.69) is 5.10 Å². The van der Waals surface area contributed by atoms with Gasteiger partial charge in [0.15, 0.2) is 5.75 Å². The molecule has 2 rings (SSSR count). The summed E-state index contributed by atoms with van der Waals surface area (Å²) in [5.41, 5.74) is 7.55. The van der Waals surface area contributed by atoms with Crippen LogP contribution in [0, 0.1) is 29.6 Å². The molecule has 0 saturated carbocycles. The maximum atomic E-state index is 9.08. The lowest BCUT2D eigenvalue weighted by Crippen LogP contribution is -1.99. The Hall–Kier alpha value is -2.99. The number of ether oxygens (including phenoxy) is 1. The highest BCUT2D eigenvalue weighted by Gasteiger charge is 2.16. The largest absolute Gasteiger partial charge is 0.436 e. The minimum absolute atomic E-state index is 0.330. The van der Waals surface area contributed by atoms with Crippen LogP contribution >= 0.6 is 0 Å². The molecule has 0 spiro atoms. The number of hydrogen-bond acceptors (Lipinski definition) is 5. The molecule has 0 fully saturated rings. The Morgan fingerprint density at radius 2 is 2.05 bits per heavy atom. The maximum Gasteiger partial charge on any atom is 0.235 e. The van der Waals surface area contributed by atoms with Gasteiger partial charge in [0, 0.05) is 7.05 Å². The second kappa shape index (κ2) is 4.71. The summed E-state index contributed by atoms with van der Waals surface area (Å²) in [5, 5.41) is 22.0. The number of rotatable bonds is 2. The van der Waals surface area contributed by atoms with Gasteiger partial charge < -0.3 is 10.5 Å². The van der Waals surface area contributed by atoms with E-state index in [0.29, 0.717) is 34.1 Å². The minimum atomic E-state index is 0.330. The smallest absolute Gasteiger partial charge is 0.235 e. The van der Waals surface area contributed by atoms with Crippen molar-refractivity contribution >= 4 is 5.69 Å². The molecule has 94 valence electrons. The molecule has 6 nitrogen and oxygen atoms in total. The number of aryl methyl sites for hydroxylation is 2. The van der Waals surface area contributed by atoms with Gasteiger partial charge >= 0.3 is 0 Å². The molecule has 1 aromatic carbocycles. The van der Waals surface area contributed by atoms with Gasteiger partial charge in [0.2, 0.25) is 5.88 Å². The second-order valence-corrected chi connectivity index (χ2v) is 3.97. The van der Waals surface area contributed by atoms with Gasteiger partial charge in [0.1, 0.15) is 11.6 Å². The number of nitriles is 2. The van der Waals surface area contributed by atoms with Gasteiger partial charge in [0.05, 0.1) is 23.0 Å². The van der Waals surface area contributed by atoms with Crippen LogP contribution in [-0.4, -0.2) is 9.78 Å². The molecule has 19 heavy (non-hydrogen) atoms. The molecule has 0 amide bonds. The summed E-state index contributed by atoms with van der Waals surface area (Å²) in [6, 6.07) is 8.75.